The van der Waals surface area contributed by atoms with E-state index in [2.05, 4.69) is 31.0 Å². The number of rotatable bonds is 3. The largest absolute Gasteiger partial charge is 0.508 e. The molecular formula is C31H44N2O3. The summed E-state index contributed by atoms with van der Waals surface area (Å²) in [6, 6.07) is 3.85. The summed E-state index contributed by atoms with van der Waals surface area (Å²) in [5.74, 6) is 9.40. The van der Waals surface area contributed by atoms with Crippen LogP contribution in [0.5, 0.6) is 5.75 Å². The molecule has 6 aliphatic rings. The van der Waals surface area contributed by atoms with Gasteiger partial charge in [-0.1, -0.05) is 24.7 Å². The highest BCUT2D eigenvalue weighted by Crippen LogP contribution is 2.67. The van der Waals surface area contributed by atoms with E-state index in [0.29, 0.717) is 29.9 Å². The van der Waals surface area contributed by atoms with Crippen LogP contribution in [0.4, 0.5) is 0 Å². The molecule has 0 radical (unpaired) electrons. The van der Waals surface area contributed by atoms with Gasteiger partial charge in [0.2, 0.25) is 0 Å². The van der Waals surface area contributed by atoms with Crippen molar-refractivity contribution in [2.75, 3.05) is 13.7 Å². The number of nitrogens with one attached hydrogen (secondary N) is 1. The van der Waals surface area contributed by atoms with E-state index in [1.807, 2.05) is 19.2 Å². The third-order valence-corrected chi connectivity index (χ3v) is 10.9. The van der Waals surface area contributed by atoms with Crippen molar-refractivity contribution in [3.05, 3.63) is 28.8 Å². The van der Waals surface area contributed by atoms with Crippen molar-refractivity contribution in [2.45, 2.75) is 94.9 Å². The van der Waals surface area contributed by atoms with Crippen LogP contribution in [0.3, 0.4) is 0 Å². The normalized spacial score (nSPS) is 42.4. The number of hydrogen-bond donors (Lipinski definition) is 4. The van der Waals surface area contributed by atoms with Gasteiger partial charge in [-0.15, -0.1) is 0 Å². The van der Waals surface area contributed by atoms with Crippen molar-refractivity contribution >= 4 is 0 Å². The molecule has 3 saturated carbocycles. The molecule has 4 aliphatic carbocycles. The van der Waals surface area contributed by atoms with Gasteiger partial charge < -0.3 is 26.0 Å². The molecule has 0 aromatic heterocycles. The lowest BCUT2D eigenvalue weighted by atomic mass is 9.40. The second-order valence-corrected chi connectivity index (χ2v) is 13.2. The molecule has 196 valence electrons. The first-order valence-electron chi connectivity index (χ1n) is 14.3. The molecule has 2 aliphatic heterocycles. The fraction of sp³-hybridized carbons (Fsp3) is 0.742. The van der Waals surface area contributed by atoms with Crippen LogP contribution in [0, 0.1) is 47.3 Å². The predicted molar refractivity (Wildman–Crippen MR) is 141 cm³/mol. The molecule has 6 bridgehead atoms. The number of benzene rings is 1. The number of hydrogen-bond acceptors (Lipinski definition) is 5. The van der Waals surface area contributed by atoms with Gasteiger partial charge in [-0.25, -0.2) is 0 Å². The van der Waals surface area contributed by atoms with E-state index in [4.69, 9.17) is 10.5 Å². The van der Waals surface area contributed by atoms with Gasteiger partial charge in [0, 0.05) is 36.9 Å². The zero-order valence-electron chi connectivity index (χ0n) is 22.3. The maximum atomic E-state index is 10.5. The van der Waals surface area contributed by atoms with Gasteiger partial charge in [-0.2, -0.15) is 0 Å². The van der Waals surface area contributed by atoms with Gasteiger partial charge in [-0.05, 0) is 106 Å². The number of phenolic OH excluding ortho intramolecular Hbond substituents is 1. The average molecular weight is 493 g/mol. The number of aliphatic hydroxyl groups is 1. The number of nitrogens with two attached hydrogens (primary N) is 1. The van der Waals surface area contributed by atoms with E-state index in [-0.39, 0.29) is 35.6 Å². The molecule has 1 aromatic rings. The summed E-state index contributed by atoms with van der Waals surface area (Å²) >= 11 is 0. The Morgan fingerprint density at radius 2 is 2.03 bits per heavy atom. The number of aliphatic hydroxyl groups excluding tert-OH is 1. The van der Waals surface area contributed by atoms with E-state index in [0.717, 1.165) is 44.2 Å². The highest BCUT2D eigenvalue weighted by atomic mass is 16.5. The molecule has 0 amide bonds. The molecular weight excluding hydrogens is 448 g/mol. The lowest BCUT2D eigenvalue weighted by molar-refractivity contribution is -0.339. The van der Waals surface area contributed by atoms with Crippen LogP contribution >= 0.6 is 0 Å². The van der Waals surface area contributed by atoms with Crippen molar-refractivity contribution in [3.63, 3.8) is 0 Å². The number of phenols is 1. The quantitative estimate of drug-likeness (QED) is 0.481. The maximum Gasteiger partial charge on any atom is 0.116 e. The van der Waals surface area contributed by atoms with Crippen LogP contribution in [0.1, 0.15) is 75.5 Å². The SMILES string of the molecule is CNCc1cc(O)cc2c1C[C@@H]1CCC[C@H](C1)[C@@]13C[C@H]4CC[C@@H](CO)[C@@](N)([C@H]4C(C)(C)O1)[C@H]3C#CC2. The third kappa shape index (κ3) is 3.52. The number of ether oxygens (including phenoxy) is 1. The summed E-state index contributed by atoms with van der Waals surface area (Å²) in [6.07, 6.45) is 9.60. The summed E-state index contributed by atoms with van der Waals surface area (Å²) in [5.41, 5.74) is 10.1. The van der Waals surface area contributed by atoms with Crippen molar-refractivity contribution in [1.29, 1.82) is 0 Å². The summed E-state index contributed by atoms with van der Waals surface area (Å²) in [6.45, 7) is 5.38. The molecule has 2 heterocycles. The Hall–Kier alpha value is -1.58. The monoisotopic (exact) mass is 492 g/mol. The van der Waals surface area contributed by atoms with Crippen LogP contribution in [-0.2, 0) is 24.1 Å². The Bertz CT molecular complexity index is 1090. The van der Waals surface area contributed by atoms with Gasteiger partial charge in [0.25, 0.3) is 0 Å². The maximum absolute atomic E-state index is 10.5. The Labute approximate surface area is 216 Å². The highest BCUT2D eigenvalue weighted by molar-refractivity contribution is 5.44. The molecule has 1 spiro atoms. The van der Waals surface area contributed by atoms with Crippen molar-refractivity contribution < 1.29 is 14.9 Å². The van der Waals surface area contributed by atoms with Gasteiger partial charge in [0.15, 0.2) is 0 Å². The smallest absolute Gasteiger partial charge is 0.116 e. The lowest BCUT2D eigenvalue weighted by Crippen LogP contribution is -2.82. The van der Waals surface area contributed by atoms with Crippen LogP contribution in [0.15, 0.2) is 12.1 Å². The molecule has 1 aromatic carbocycles. The summed E-state index contributed by atoms with van der Waals surface area (Å²) in [7, 11) is 1.97. The lowest BCUT2D eigenvalue weighted by Gasteiger charge is -2.73. The Balaban J connectivity index is 1.52. The van der Waals surface area contributed by atoms with Crippen LogP contribution in [0.2, 0.25) is 0 Å². The van der Waals surface area contributed by atoms with E-state index in [1.54, 1.807) is 0 Å². The molecule has 0 unspecified atom stereocenters. The summed E-state index contributed by atoms with van der Waals surface area (Å²) in [5, 5.41) is 24.4. The number of aromatic hydroxyl groups is 1. The fourth-order valence-electron chi connectivity index (χ4n) is 9.89. The van der Waals surface area contributed by atoms with Gasteiger partial charge in [0.05, 0.1) is 17.1 Å². The molecule has 36 heavy (non-hydrogen) atoms. The van der Waals surface area contributed by atoms with Crippen LogP contribution < -0.4 is 11.1 Å². The first kappa shape index (κ1) is 24.7. The summed E-state index contributed by atoms with van der Waals surface area (Å²) < 4.78 is 7.26. The zero-order valence-corrected chi connectivity index (χ0v) is 22.3. The summed E-state index contributed by atoms with van der Waals surface area (Å²) in [4.78, 5) is 0. The minimum atomic E-state index is -0.537. The van der Waals surface area contributed by atoms with Crippen LogP contribution in [-0.4, -0.2) is 40.6 Å². The molecule has 5 heteroatoms. The Morgan fingerprint density at radius 1 is 1.19 bits per heavy atom. The second-order valence-electron chi connectivity index (χ2n) is 13.2. The van der Waals surface area contributed by atoms with E-state index >= 15 is 0 Å². The first-order valence-corrected chi connectivity index (χ1v) is 14.3. The van der Waals surface area contributed by atoms with Gasteiger partial charge in [-0.3, -0.25) is 0 Å². The van der Waals surface area contributed by atoms with Crippen LogP contribution in [0.25, 0.3) is 0 Å². The van der Waals surface area contributed by atoms with Crippen molar-refractivity contribution in [3.8, 4) is 17.6 Å². The fourth-order valence-corrected chi connectivity index (χ4v) is 9.89. The second kappa shape index (κ2) is 8.73. The van der Waals surface area contributed by atoms with E-state index in [1.165, 1.54) is 30.4 Å². The third-order valence-electron chi connectivity index (χ3n) is 10.9. The minimum absolute atomic E-state index is 0.0592. The van der Waals surface area contributed by atoms with E-state index in [9.17, 15) is 10.2 Å². The standard InChI is InChI=1S/C31H44N2O3/c1-29(2)28-21-10-11-24(18-34)31(28,32)27-9-5-7-20-14-25(35)15-22(17-33-3)26(20)13-19-6-4-8-23(12-19)30(27,16-21)36-29/h14-15,19,21,23-24,27-28,33-35H,4,6-8,10-13,16-18,32H2,1-3H3/t19-,21-,23-,24+,27+,28-,30-,31+/m1/s1. The van der Waals surface area contributed by atoms with Gasteiger partial charge in [0.1, 0.15) is 5.75 Å². The average Bonchev–Trinajstić information content (AvgIpc) is 2.83. The number of fused-ring (bicyclic) bond motifs is 4. The van der Waals surface area contributed by atoms with Crippen molar-refractivity contribution in [2.24, 2.45) is 41.2 Å². The Kier molecular flexibility index (Phi) is 6.00. The molecule has 7 rings (SSSR count). The minimum Gasteiger partial charge on any atom is -0.508 e. The van der Waals surface area contributed by atoms with Gasteiger partial charge >= 0.3 is 0 Å². The predicted octanol–water partition coefficient (Wildman–Crippen LogP) is 3.92. The molecule has 5 nitrogen and oxygen atoms in total. The topological polar surface area (TPSA) is 87.7 Å². The van der Waals surface area contributed by atoms with E-state index < -0.39 is 5.54 Å². The first-order chi connectivity index (χ1) is 17.2. The molecule has 5 fully saturated rings. The molecule has 2 saturated heterocycles. The van der Waals surface area contributed by atoms with Crippen molar-refractivity contribution in [1.82, 2.24) is 5.32 Å². The molecule has 5 N–H and O–H groups in total. The highest BCUT2D eigenvalue weighted by Gasteiger charge is 2.74. The molecule has 8 atom stereocenters. The Morgan fingerprint density at radius 3 is 2.81 bits per heavy atom. The zero-order chi connectivity index (χ0) is 25.3.